The van der Waals surface area contributed by atoms with Gasteiger partial charge in [-0.3, -0.25) is 14.2 Å². The van der Waals surface area contributed by atoms with Gasteiger partial charge >= 0.3 is 11.9 Å². The van der Waals surface area contributed by atoms with Crippen molar-refractivity contribution in [2.45, 2.75) is 328 Å². The quantitative estimate of drug-likeness (QED) is 0.0195. The number of phosphoric ester groups is 1. The molecule has 0 saturated heterocycles. The van der Waals surface area contributed by atoms with Gasteiger partial charge in [0.25, 0.3) is 7.82 Å². The number of hydrogen-bond donors (Lipinski definition) is 0. The van der Waals surface area contributed by atoms with Crippen molar-refractivity contribution >= 4 is 19.8 Å². The lowest BCUT2D eigenvalue weighted by atomic mass is 10.0. The largest absolute Gasteiger partial charge is 0.756 e. The summed E-state index contributed by atoms with van der Waals surface area (Å²) in [4.78, 5) is 38.0. The van der Waals surface area contributed by atoms with Gasteiger partial charge in [0.1, 0.15) is 19.8 Å². The molecule has 0 N–H and O–H groups in total. The average Bonchev–Trinajstić information content (AvgIpc) is 3.46. The Kier molecular flexibility index (Phi) is 61.0. The number of allylic oxidation sites excluding steroid dienone is 12. The SMILES string of the molecule is CC/C=C\C/C=C\C/C=C\C/C=C\C/C=C\C/C=C\CCCCCCCCCCC(=O)OC(COC(=O)CCCCCCCCCCCCCCCCCCCCCCCCCCCCCCCCC)COP(=O)([O-])OCC[N+](C)(C)C. The Morgan fingerprint density at radius 3 is 1.04 bits per heavy atom. The molecule has 2 unspecified atom stereocenters. The van der Waals surface area contributed by atoms with Crippen LogP contribution in [0.15, 0.2) is 72.9 Å². The molecule has 0 saturated carbocycles. The minimum atomic E-state index is -4.65. The van der Waals surface area contributed by atoms with Crippen LogP contribution in [0.4, 0.5) is 0 Å². The standard InChI is InChI=1S/C72H132NO8P/c1-6-8-10-12-14-16-18-20-22-24-26-28-30-32-34-35-36-37-39-40-42-44-46-48-50-52-54-56-58-60-62-64-71(74)78-68-70(69-80-82(76,77)79-67-66-73(3,4)5)81-72(75)65-63-61-59-57-55-53-51-49-47-45-43-41-38-33-31-29-27-25-23-21-19-17-15-13-11-9-7-2/h9,11,15,17,21,23,27,29,33,38,43,45,70H,6-8,10,12-14,16,18-20,22,24-26,28,30-32,34-37,39-42,44,46-69H2,1-5H3/b11-9-,17-15-,23-21-,29-27-,38-33-,45-43-. The van der Waals surface area contributed by atoms with Crippen molar-refractivity contribution in [3.8, 4) is 0 Å². The number of phosphoric acid groups is 1. The molecule has 0 aromatic heterocycles. The molecule has 0 radical (unpaired) electrons. The summed E-state index contributed by atoms with van der Waals surface area (Å²) in [6.45, 7) is 4.16. The number of nitrogens with zero attached hydrogens (tertiary/aromatic N) is 1. The fourth-order valence-electron chi connectivity index (χ4n) is 9.96. The topological polar surface area (TPSA) is 111 Å². The van der Waals surface area contributed by atoms with Crippen molar-refractivity contribution in [3.63, 3.8) is 0 Å². The molecule has 2 atom stereocenters. The van der Waals surface area contributed by atoms with Crippen LogP contribution in [0.25, 0.3) is 0 Å². The molecule has 0 bridgehead atoms. The van der Waals surface area contributed by atoms with E-state index >= 15 is 0 Å². The van der Waals surface area contributed by atoms with Gasteiger partial charge in [-0.05, 0) is 64.2 Å². The maximum absolute atomic E-state index is 12.8. The van der Waals surface area contributed by atoms with Gasteiger partial charge in [0, 0.05) is 12.8 Å². The van der Waals surface area contributed by atoms with Gasteiger partial charge in [0.2, 0.25) is 0 Å². The van der Waals surface area contributed by atoms with Crippen LogP contribution in [0.2, 0.25) is 0 Å². The maximum atomic E-state index is 12.8. The summed E-state index contributed by atoms with van der Waals surface area (Å²) in [5.41, 5.74) is 0. The predicted octanol–water partition coefficient (Wildman–Crippen LogP) is 21.8. The van der Waals surface area contributed by atoms with E-state index < -0.39 is 26.5 Å². The molecule has 10 heteroatoms. The zero-order valence-electron chi connectivity index (χ0n) is 54.4. The van der Waals surface area contributed by atoms with Gasteiger partial charge < -0.3 is 27.9 Å². The second kappa shape index (κ2) is 63.0. The Morgan fingerprint density at radius 1 is 0.390 bits per heavy atom. The van der Waals surface area contributed by atoms with Gasteiger partial charge in [0.05, 0.1) is 27.7 Å². The summed E-state index contributed by atoms with van der Waals surface area (Å²) in [5.74, 6) is -0.832. The Morgan fingerprint density at radius 2 is 0.695 bits per heavy atom. The number of carbonyl (C=O) groups is 2. The van der Waals surface area contributed by atoms with E-state index in [9.17, 15) is 19.0 Å². The highest BCUT2D eigenvalue weighted by Gasteiger charge is 2.22. The molecular formula is C72H132NO8P. The zero-order valence-corrected chi connectivity index (χ0v) is 55.3. The molecule has 0 aliphatic heterocycles. The fraction of sp³-hybridized carbons (Fsp3) is 0.806. The van der Waals surface area contributed by atoms with Crippen LogP contribution in [-0.4, -0.2) is 70.0 Å². The fourth-order valence-corrected chi connectivity index (χ4v) is 10.7. The average molecular weight is 1170 g/mol. The van der Waals surface area contributed by atoms with E-state index in [0.717, 1.165) is 83.5 Å². The first-order valence-corrected chi connectivity index (χ1v) is 36.1. The van der Waals surface area contributed by atoms with Crippen molar-refractivity contribution in [2.24, 2.45) is 0 Å². The highest BCUT2D eigenvalue weighted by Crippen LogP contribution is 2.38. The number of rotatable bonds is 64. The summed E-state index contributed by atoms with van der Waals surface area (Å²) in [7, 11) is 1.16. The van der Waals surface area contributed by atoms with Crippen LogP contribution in [0, 0.1) is 0 Å². The van der Waals surface area contributed by atoms with Crippen LogP contribution in [0.5, 0.6) is 0 Å². The number of esters is 2. The summed E-state index contributed by atoms with van der Waals surface area (Å²) < 4.78 is 34.3. The van der Waals surface area contributed by atoms with Gasteiger partial charge in [-0.2, -0.15) is 0 Å². The Bertz CT molecular complexity index is 1610. The highest BCUT2D eigenvalue weighted by molar-refractivity contribution is 7.45. The number of likely N-dealkylation sites (N-methyl/N-ethyl adjacent to an activating group) is 1. The summed E-state index contributed by atoms with van der Waals surface area (Å²) >= 11 is 0. The highest BCUT2D eigenvalue weighted by atomic mass is 31.2. The first-order chi connectivity index (χ1) is 40.0. The molecule has 0 aromatic carbocycles. The van der Waals surface area contributed by atoms with Crippen LogP contribution in [-0.2, 0) is 32.7 Å². The smallest absolute Gasteiger partial charge is 0.306 e. The zero-order chi connectivity index (χ0) is 59.8. The summed E-state index contributed by atoms with van der Waals surface area (Å²) in [5, 5.41) is 0. The lowest BCUT2D eigenvalue weighted by Crippen LogP contribution is -2.37. The number of quaternary nitrogens is 1. The second-order valence-electron chi connectivity index (χ2n) is 24.5. The van der Waals surface area contributed by atoms with Crippen LogP contribution < -0.4 is 4.89 Å². The Labute approximate surface area is 508 Å². The first-order valence-electron chi connectivity index (χ1n) is 34.6. The van der Waals surface area contributed by atoms with Crippen molar-refractivity contribution in [1.82, 2.24) is 0 Å². The van der Waals surface area contributed by atoms with Crippen molar-refractivity contribution < 1.29 is 42.1 Å². The second-order valence-corrected chi connectivity index (χ2v) is 25.9. The third-order valence-electron chi connectivity index (χ3n) is 15.2. The van der Waals surface area contributed by atoms with Gasteiger partial charge in [-0.1, -0.05) is 318 Å². The van der Waals surface area contributed by atoms with Crippen LogP contribution in [0.1, 0.15) is 322 Å². The van der Waals surface area contributed by atoms with Gasteiger partial charge in [-0.15, -0.1) is 0 Å². The monoisotopic (exact) mass is 1170 g/mol. The molecule has 82 heavy (non-hydrogen) atoms. The van der Waals surface area contributed by atoms with E-state index in [1.807, 2.05) is 21.1 Å². The first kappa shape index (κ1) is 79.5. The molecule has 478 valence electrons. The van der Waals surface area contributed by atoms with E-state index in [0.29, 0.717) is 17.4 Å². The van der Waals surface area contributed by atoms with E-state index in [4.69, 9.17) is 18.5 Å². The van der Waals surface area contributed by atoms with E-state index in [1.54, 1.807) is 0 Å². The third-order valence-corrected chi connectivity index (χ3v) is 16.2. The van der Waals surface area contributed by atoms with E-state index in [1.165, 1.54) is 205 Å². The lowest BCUT2D eigenvalue weighted by molar-refractivity contribution is -0.870. The van der Waals surface area contributed by atoms with E-state index in [2.05, 4.69) is 86.8 Å². The van der Waals surface area contributed by atoms with Crippen LogP contribution in [0.3, 0.4) is 0 Å². The van der Waals surface area contributed by atoms with Crippen molar-refractivity contribution in [2.75, 3.05) is 47.5 Å². The predicted molar refractivity (Wildman–Crippen MR) is 351 cm³/mol. The molecule has 0 fully saturated rings. The molecule has 0 aliphatic rings. The number of ether oxygens (including phenoxy) is 2. The van der Waals surface area contributed by atoms with E-state index in [-0.39, 0.29) is 32.0 Å². The molecule has 0 aliphatic carbocycles. The van der Waals surface area contributed by atoms with Crippen molar-refractivity contribution in [1.29, 1.82) is 0 Å². The molecule has 0 rings (SSSR count). The number of hydrogen-bond acceptors (Lipinski definition) is 8. The third kappa shape index (κ3) is 66.6. The van der Waals surface area contributed by atoms with Crippen molar-refractivity contribution in [3.05, 3.63) is 72.9 Å². The molecular weight excluding hydrogens is 1040 g/mol. The summed E-state index contributed by atoms with van der Waals surface area (Å²) in [6.07, 6.45) is 84.1. The maximum Gasteiger partial charge on any atom is 0.306 e. The summed E-state index contributed by atoms with van der Waals surface area (Å²) in [6, 6.07) is 0. The number of unbranched alkanes of at least 4 members (excludes halogenated alkanes) is 38. The molecule has 0 heterocycles. The minimum absolute atomic E-state index is 0.0340. The number of carbonyl (C=O) groups excluding carboxylic acids is 2. The molecule has 0 amide bonds. The normalized spacial score (nSPS) is 13.6. The minimum Gasteiger partial charge on any atom is -0.756 e. The lowest BCUT2D eigenvalue weighted by Gasteiger charge is -2.28. The molecule has 0 aromatic rings. The van der Waals surface area contributed by atoms with Gasteiger partial charge in [0.15, 0.2) is 6.10 Å². The molecule has 0 spiro atoms. The van der Waals surface area contributed by atoms with Crippen LogP contribution >= 0.6 is 7.82 Å². The molecule has 9 nitrogen and oxygen atoms in total. The van der Waals surface area contributed by atoms with Gasteiger partial charge in [-0.25, -0.2) is 0 Å². The Hall–Kier alpha value is -2.55. The Balaban J connectivity index is 4.05.